The zero-order valence-corrected chi connectivity index (χ0v) is 11.2. The maximum absolute atomic E-state index is 5.98. The summed E-state index contributed by atoms with van der Waals surface area (Å²) in [6.07, 6.45) is 2.55. The van der Waals surface area contributed by atoms with Gasteiger partial charge < -0.3 is 5.73 Å². The minimum absolute atomic E-state index is 0.479. The molecule has 0 spiro atoms. The maximum atomic E-state index is 5.98. The first-order valence-corrected chi connectivity index (χ1v) is 7.09. The standard InChI is InChI=1S/C12H19ClN2S/c1-9(11-4-5-12(13)16-11)15-6-2-3-10(7-14)8-15/h4-5,9-10H,2-3,6-8,14H2,1H3. The molecule has 1 saturated heterocycles. The number of rotatable bonds is 3. The van der Waals surface area contributed by atoms with Gasteiger partial charge in [-0.3, -0.25) is 4.90 Å². The van der Waals surface area contributed by atoms with E-state index >= 15 is 0 Å². The van der Waals surface area contributed by atoms with Gasteiger partial charge in [0, 0.05) is 17.5 Å². The van der Waals surface area contributed by atoms with Crippen LogP contribution < -0.4 is 5.73 Å². The van der Waals surface area contributed by atoms with Gasteiger partial charge in [-0.05, 0) is 50.9 Å². The lowest BCUT2D eigenvalue weighted by molar-refractivity contribution is 0.136. The predicted octanol–water partition coefficient (Wildman–Crippen LogP) is 3.13. The molecule has 16 heavy (non-hydrogen) atoms. The number of thiophene rings is 1. The Hall–Kier alpha value is -0.0900. The molecule has 4 heteroatoms. The van der Waals surface area contributed by atoms with E-state index in [0.29, 0.717) is 12.0 Å². The normalized spacial score (nSPS) is 24.6. The Kier molecular flexibility index (Phi) is 4.25. The second kappa shape index (κ2) is 5.50. The molecule has 2 N–H and O–H groups in total. The second-order valence-electron chi connectivity index (χ2n) is 4.56. The van der Waals surface area contributed by atoms with Crippen molar-refractivity contribution < 1.29 is 0 Å². The third-order valence-corrected chi connectivity index (χ3v) is 4.84. The van der Waals surface area contributed by atoms with Crippen LogP contribution in [0.3, 0.4) is 0 Å². The average Bonchev–Trinajstić information content (AvgIpc) is 2.75. The van der Waals surface area contributed by atoms with Gasteiger partial charge in [0.1, 0.15) is 0 Å². The van der Waals surface area contributed by atoms with E-state index < -0.39 is 0 Å². The number of halogens is 1. The van der Waals surface area contributed by atoms with Gasteiger partial charge in [-0.15, -0.1) is 11.3 Å². The van der Waals surface area contributed by atoms with E-state index in [2.05, 4.69) is 17.9 Å². The van der Waals surface area contributed by atoms with Crippen molar-refractivity contribution in [2.45, 2.75) is 25.8 Å². The first-order valence-electron chi connectivity index (χ1n) is 5.90. The van der Waals surface area contributed by atoms with Crippen LogP contribution >= 0.6 is 22.9 Å². The van der Waals surface area contributed by atoms with Crippen molar-refractivity contribution in [3.05, 3.63) is 21.3 Å². The smallest absolute Gasteiger partial charge is 0.0931 e. The van der Waals surface area contributed by atoms with E-state index in [1.165, 1.54) is 24.3 Å². The maximum Gasteiger partial charge on any atom is 0.0931 e. The molecule has 0 aromatic carbocycles. The molecule has 1 aromatic rings. The molecule has 2 rings (SSSR count). The number of likely N-dealkylation sites (tertiary alicyclic amines) is 1. The summed E-state index contributed by atoms with van der Waals surface area (Å²) in [4.78, 5) is 3.89. The molecule has 0 radical (unpaired) electrons. The summed E-state index contributed by atoms with van der Waals surface area (Å²) in [5.41, 5.74) is 5.76. The molecule has 1 fully saturated rings. The highest BCUT2D eigenvalue weighted by Gasteiger charge is 2.24. The summed E-state index contributed by atoms with van der Waals surface area (Å²) in [7, 11) is 0. The molecule has 1 aromatic heterocycles. The van der Waals surface area contributed by atoms with Gasteiger partial charge in [0.25, 0.3) is 0 Å². The van der Waals surface area contributed by atoms with Crippen LogP contribution in [0.15, 0.2) is 12.1 Å². The van der Waals surface area contributed by atoms with Crippen molar-refractivity contribution in [2.24, 2.45) is 11.7 Å². The Labute approximate surface area is 106 Å². The van der Waals surface area contributed by atoms with Gasteiger partial charge >= 0.3 is 0 Å². The number of hydrogen-bond donors (Lipinski definition) is 1. The van der Waals surface area contributed by atoms with Crippen LogP contribution in [0.5, 0.6) is 0 Å². The second-order valence-corrected chi connectivity index (χ2v) is 6.30. The van der Waals surface area contributed by atoms with Crippen LogP contribution in [-0.4, -0.2) is 24.5 Å². The Morgan fingerprint density at radius 2 is 2.44 bits per heavy atom. The molecular weight excluding hydrogens is 240 g/mol. The summed E-state index contributed by atoms with van der Waals surface area (Å²) in [5, 5.41) is 0. The first-order chi connectivity index (χ1) is 7.70. The summed E-state index contributed by atoms with van der Waals surface area (Å²) in [5.74, 6) is 0.673. The van der Waals surface area contributed by atoms with Gasteiger partial charge in [-0.1, -0.05) is 11.6 Å². The van der Waals surface area contributed by atoms with Crippen molar-refractivity contribution in [2.75, 3.05) is 19.6 Å². The van der Waals surface area contributed by atoms with Crippen LogP contribution in [0.25, 0.3) is 0 Å². The highest BCUT2D eigenvalue weighted by molar-refractivity contribution is 7.16. The Bertz CT molecular complexity index is 340. The zero-order valence-electron chi connectivity index (χ0n) is 9.66. The van der Waals surface area contributed by atoms with Crippen LogP contribution in [0.2, 0.25) is 4.34 Å². The number of piperidine rings is 1. The lowest BCUT2D eigenvalue weighted by Crippen LogP contribution is -2.39. The highest BCUT2D eigenvalue weighted by atomic mass is 35.5. The molecule has 2 nitrogen and oxygen atoms in total. The summed E-state index contributed by atoms with van der Waals surface area (Å²) in [6.45, 7) is 5.40. The van der Waals surface area contributed by atoms with E-state index in [0.717, 1.165) is 17.4 Å². The minimum atomic E-state index is 0.479. The largest absolute Gasteiger partial charge is 0.330 e. The average molecular weight is 259 g/mol. The fourth-order valence-electron chi connectivity index (χ4n) is 2.37. The molecule has 2 atom stereocenters. The summed E-state index contributed by atoms with van der Waals surface area (Å²) >= 11 is 7.67. The van der Waals surface area contributed by atoms with Crippen LogP contribution in [-0.2, 0) is 0 Å². The fraction of sp³-hybridized carbons (Fsp3) is 0.667. The van der Waals surface area contributed by atoms with E-state index in [4.69, 9.17) is 17.3 Å². The molecular formula is C12H19ClN2S. The van der Waals surface area contributed by atoms with Crippen molar-refractivity contribution in [1.29, 1.82) is 0 Å². The molecule has 0 amide bonds. The first kappa shape index (κ1) is 12.4. The third-order valence-electron chi connectivity index (χ3n) is 3.44. The van der Waals surface area contributed by atoms with E-state index in [9.17, 15) is 0 Å². The number of nitrogens with two attached hydrogens (primary N) is 1. The predicted molar refractivity (Wildman–Crippen MR) is 71.1 cm³/mol. The quantitative estimate of drug-likeness (QED) is 0.903. The monoisotopic (exact) mass is 258 g/mol. The van der Waals surface area contributed by atoms with Crippen LogP contribution in [0.1, 0.15) is 30.7 Å². The molecule has 0 aliphatic carbocycles. The van der Waals surface area contributed by atoms with E-state index in [1.807, 2.05) is 6.07 Å². The number of nitrogens with zero attached hydrogens (tertiary/aromatic N) is 1. The van der Waals surface area contributed by atoms with Crippen LogP contribution in [0, 0.1) is 5.92 Å². The van der Waals surface area contributed by atoms with Crippen molar-refractivity contribution in [3.63, 3.8) is 0 Å². The van der Waals surface area contributed by atoms with Crippen molar-refractivity contribution in [3.8, 4) is 0 Å². The van der Waals surface area contributed by atoms with Crippen molar-refractivity contribution >= 4 is 22.9 Å². The molecule has 90 valence electrons. The molecule has 1 aliphatic heterocycles. The van der Waals surface area contributed by atoms with Gasteiger partial charge in [0.15, 0.2) is 0 Å². The lowest BCUT2D eigenvalue weighted by Gasteiger charge is -2.36. The van der Waals surface area contributed by atoms with E-state index in [1.54, 1.807) is 11.3 Å². The Balaban J connectivity index is 2.01. The fourth-order valence-corrected chi connectivity index (χ4v) is 3.52. The SMILES string of the molecule is CC(c1ccc(Cl)s1)N1CCCC(CN)C1. The van der Waals surface area contributed by atoms with E-state index in [-0.39, 0.29) is 0 Å². The molecule has 2 heterocycles. The van der Waals surface area contributed by atoms with Gasteiger partial charge in [0.05, 0.1) is 4.34 Å². The summed E-state index contributed by atoms with van der Waals surface area (Å²) < 4.78 is 0.884. The number of hydrogen-bond acceptors (Lipinski definition) is 3. The molecule has 2 unspecified atom stereocenters. The molecule has 0 saturated carbocycles. The lowest BCUT2D eigenvalue weighted by atomic mass is 9.97. The molecule has 1 aliphatic rings. The minimum Gasteiger partial charge on any atom is -0.330 e. The van der Waals surface area contributed by atoms with Gasteiger partial charge in [0.2, 0.25) is 0 Å². The van der Waals surface area contributed by atoms with Gasteiger partial charge in [-0.25, -0.2) is 0 Å². The van der Waals surface area contributed by atoms with Crippen molar-refractivity contribution in [1.82, 2.24) is 4.90 Å². The highest BCUT2D eigenvalue weighted by Crippen LogP contribution is 2.32. The summed E-state index contributed by atoms with van der Waals surface area (Å²) in [6, 6.07) is 4.61. The molecule has 0 bridgehead atoms. The Morgan fingerprint density at radius 1 is 1.62 bits per heavy atom. The zero-order chi connectivity index (χ0) is 11.5. The van der Waals surface area contributed by atoms with Gasteiger partial charge in [-0.2, -0.15) is 0 Å². The Morgan fingerprint density at radius 3 is 3.06 bits per heavy atom. The van der Waals surface area contributed by atoms with Crippen LogP contribution in [0.4, 0.5) is 0 Å². The topological polar surface area (TPSA) is 29.3 Å². The third kappa shape index (κ3) is 2.77.